The predicted octanol–water partition coefficient (Wildman–Crippen LogP) is 4.24. The van der Waals surface area contributed by atoms with Gasteiger partial charge in [-0.25, -0.2) is 9.59 Å². The molecule has 2 heterocycles. The second-order valence-electron chi connectivity index (χ2n) is 10.6. The van der Waals surface area contributed by atoms with Gasteiger partial charge >= 0.3 is 11.9 Å². The Morgan fingerprint density at radius 3 is 2.69 bits per heavy atom. The van der Waals surface area contributed by atoms with Crippen molar-refractivity contribution in [2.75, 3.05) is 0 Å². The van der Waals surface area contributed by atoms with Crippen LogP contribution in [0, 0.1) is 17.3 Å². The second-order valence-corrected chi connectivity index (χ2v) is 10.6. The number of ether oxygens (including phenoxy) is 3. The summed E-state index contributed by atoms with van der Waals surface area (Å²) >= 11 is 0. The van der Waals surface area contributed by atoms with E-state index in [9.17, 15) is 19.5 Å². The Morgan fingerprint density at radius 1 is 1.14 bits per heavy atom. The smallest absolute Gasteiger partial charge is 0.351 e. The quantitative estimate of drug-likeness (QED) is 0.499. The molecule has 6 rings (SSSR count). The lowest BCUT2D eigenvalue weighted by Gasteiger charge is -2.59. The van der Waals surface area contributed by atoms with Crippen LogP contribution >= 0.6 is 0 Å². The van der Waals surface area contributed by atoms with Crippen molar-refractivity contribution in [1.82, 2.24) is 0 Å². The van der Waals surface area contributed by atoms with E-state index in [1.165, 1.54) is 0 Å². The molecule has 0 saturated heterocycles. The third kappa shape index (κ3) is 2.92. The highest BCUT2D eigenvalue weighted by Crippen LogP contribution is 2.60. The zero-order valence-electron chi connectivity index (χ0n) is 20.3. The summed E-state index contributed by atoms with van der Waals surface area (Å²) in [6, 6.07) is 12.9. The molecule has 7 nitrogen and oxygen atoms in total. The standard InChI is InChI=1S/C29H28O7/c1-15-22-25(36-26(31)19-12-8-10-17-9-4-5-11-18(17)19)29(33)14-7-6-13-20(29)28(15,3)24(30)21-23(35-22)16(2)34-27(21)32/h4-5,8-12,15,20,22,25,33H,2,6-7,13-14H2,1,3H3/t15-,20+,22+,25-,28-,29+/m1/s1. The number of aliphatic hydroxyl groups is 1. The zero-order chi connectivity index (χ0) is 25.4. The maximum atomic E-state index is 13.9. The van der Waals surface area contributed by atoms with E-state index in [0.29, 0.717) is 18.4 Å². The summed E-state index contributed by atoms with van der Waals surface area (Å²) in [6.45, 7) is 7.42. The van der Waals surface area contributed by atoms with Crippen molar-refractivity contribution < 1.29 is 33.7 Å². The van der Waals surface area contributed by atoms with Crippen molar-refractivity contribution in [3.05, 3.63) is 71.7 Å². The van der Waals surface area contributed by atoms with Crippen LogP contribution in [0.2, 0.25) is 0 Å². The Bertz CT molecular complexity index is 1370. The van der Waals surface area contributed by atoms with Crippen LogP contribution in [0.3, 0.4) is 0 Å². The normalized spacial score (nSPS) is 35.5. The Morgan fingerprint density at radius 2 is 1.89 bits per heavy atom. The Balaban J connectivity index is 1.48. The lowest BCUT2D eigenvalue weighted by molar-refractivity contribution is -0.247. The lowest BCUT2D eigenvalue weighted by atomic mass is 9.48. The number of ketones is 1. The fourth-order valence-corrected chi connectivity index (χ4v) is 6.99. The molecule has 2 bridgehead atoms. The SMILES string of the molecule is C=C1OC(=O)C2=C1O[C@@H]1[C@@H](OC(=O)c3cccc4ccccc34)[C@]3(O)CCCC[C@H]3[C@](C)(C2=O)[C@@H]1C. The number of esters is 2. The first-order valence-electron chi connectivity index (χ1n) is 12.5. The minimum Gasteiger partial charge on any atom is -0.481 e. The number of rotatable bonds is 2. The van der Waals surface area contributed by atoms with E-state index in [1.54, 1.807) is 19.1 Å². The van der Waals surface area contributed by atoms with E-state index in [2.05, 4.69) is 6.58 Å². The highest BCUT2D eigenvalue weighted by Gasteiger charge is 2.70. The van der Waals surface area contributed by atoms with Crippen molar-refractivity contribution in [2.24, 2.45) is 17.3 Å². The van der Waals surface area contributed by atoms with Gasteiger partial charge in [-0.3, -0.25) is 4.79 Å². The summed E-state index contributed by atoms with van der Waals surface area (Å²) < 4.78 is 17.6. The van der Waals surface area contributed by atoms with Gasteiger partial charge in [0.2, 0.25) is 0 Å². The lowest BCUT2D eigenvalue weighted by Crippen LogP contribution is -2.70. The van der Waals surface area contributed by atoms with E-state index in [1.807, 2.05) is 37.3 Å². The molecule has 7 heteroatoms. The number of hydrogen-bond acceptors (Lipinski definition) is 7. The molecule has 2 aromatic rings. The third-order valence-corrected chi connectivity index (χ3v) is 8.99. The first-order valence-corrected chi connectivity index (χ1v) is 12.5. The minimum absolute atomic E-state index is 0.0148. The molecule has 0 amide bonds. The summed E-state index contributed by atoms with van der Waals surface area (Å²) in [6.07, 6.45) is 0.536. The number of benzene rings is 2. The van der Waals surface area contributed by atoms with Crippen molar-refractivity contribution in [3.63, 3.8) is 0 Å². The minimum atomic E-state index is -1.49. The molecule has 36 heavy (non-hydrogen) atoms. The van der Waals surface area contributed by atoms with E-state index in [-0.39, 0.29) is 17.1 Å². The predicted molar refractivity (Wildman–Crippen MR) is 129 cm³/mol. The van der Waals surface area contributed by atoms with Gasteiger partial charge in [-0.15, -0.1) is 0 Å². The molecule has 2 aromatic carbocycles. The largest absolute Gasteiger partial charge is 0.481 e. The van der Waals surface area contributed by atoms with Crippen LogP contribution in [0.1, 0.15) is 49.9 Å². The maximum absolute atomic E-state index is 13.9. The summed E-state index contributed by atoms with van der Waals surface area (Å²) in [5.74, 6) is -2.80. The molecule has 2 aliphatic carbocycles. The number of Topliss-reactive ketones (excluding diaryl/α,β-unsaturated/α-hetero) is 1. The monoisotopic (exact) mass is 488 g/mol. The summed E-state index contributed by atoms with van der Waals surface area (Å²) in [5, 5.41) is 13.9. The van der Waals surface area contributed by atoms with Gasteiger partial charge in [0.05, 0.1) is 5.56 Å². The number of cyclic esters (lactones) is 1. The van der Waals surface area contributed by atoms with Crippen LogP contribution in [0.15, 0.2) is 66.1 Å². The Hall–Kier alpha value is -3.45. The molecular formula is C29H28O7. The van der Waals surface area contributed by atoms with E-state index >= 15 is 0 Å². The topological polar surface area (TPSA) is 99.1 Å². The molecule has 2 aliphatic heterocycles. The van der Waals surface area contributed by atoms with Crippen molar-refractivity contribution in [2.45, 2.75) is 57.3 Å². The van der Waals surface area contributed by atoms with E-state index in [0.717, 1.165) is 23.6 Å². The van der Waals surface area contributed by atoms with Gasteiger partial charge < -0.3 is 19.3 Å². The van der Waals surface area contributed by atoms with Crippen LogP contribution in [-0.4, -0.2) is 40.6 Å². The van der Waals surface area contributed by atoms with Crippen molar-refractivity contribution >= 4 is 28.5 Å². The van der Waals surface area contributed by atoms with Gasteiger partial charge in [0.1, 0.15) is 17.3 Å². The summed E-state index contributed by atoms with van der Waals surface area (Å²) in [5.41, 5.74) is -2.38. The average molecular weight is 489 g/mol. The van der Waals surface area contributed by atoms with E-state index < -0.39 is 52.8 Å². The van der Waals surface area contributed by atoms with E-state index in [4.69, 9.17) is 14.2 Å². The van der Waals surface area contributed by atoms with Gasteiger partial charge in [0.25, 0.3) is 0 Å². The average Bonchev–Trinajstić information content (AvgIpc) is 3.12. The molecule has 4 aliphatic rings. The summed E-state index contributed by atoms with van der Waals surface area (Å²) in [7, 11) is 0. The maximum Gasteiger partial charge on any atom is 0.351 e. The molecule has 1 N–H and O–H groups in total. The zero-order valence-corrected chi connectivity index (χ0v) is 20.3. The number of carbonyl (C=O) groups excluding carboxylic acids is 3. The molecule has 6 atom stereocenters. The molecule has 2 saturated carbocycles. The Labute approximate surface area is 208 Å². The highest BCUT2D eigenvalue weighted by molar-refractivity contribution is 6.22. The summed E-state index contributed by atoms with van der Waals surface area (Å²) in [4.78, 5) is 40.2. The van der Waals surface area contributed by atoms with Crippen molar-refractivity contribution in [1.29, 1.82) is 0 Å². The fraction of sp³-hybridized carbons (Fsp3) is 0.414. The highest BCUT2D eigenvalue weighted by atomic mass is 16.6. The molecule has 0 radical (unpaired) electrons. The van der Waals surface area contributed by atoms with Gasteiger partial charge in [-0.1, -0.05) is 69.7 Å². The number of hydrogen-bond donors (Lipinski definition) is 1. The second kappa shape index (κ2) is 7.77. The fourth-order valence-electron chi connectivity index (χ4n) is 6.99. The van der Waals surface area contributed by atoms with Gasteiger partial charge in [0, 0.05) is 17.3 Å². The van der Waals surface area contributed by atoms with Gasteiger partial charge in [0.15, 0.2) is 23.4 Å². The molecule has 0 unspecified atom stereocenters. The Kier molecular flexibility index (Phi) is 4.96. The number of fused-ring (bicyclic) bond motifs is 5. The molecular weight excluding hydrogens is 460 g/mol. The van der Waals surface area contributed by atoms with Crippen LogP contribution < -0.4 is 0 Å². The molecule has 0 spiro atoms. The van der Waals surface area contributed by atoms with Crippen LogP contribution in [0.5, 0.6) is 0 Å². The van der Waals surface area contributed by atoms with Gasteiger partial charge in [-0.2, -0.15) is 0 Å². The third-order valence-electron chi connectivity index (χ3n) is 8.99. The van der Waals surface area contributed by atoms with Crippen LogP contribution in [-0.2, 0) is 23.8 Å². The number of carbonyl (C=O) groups is 3. The molecule has 186 valence electrons. The molecule has 2 fully saturated rings. The molecule has 0 aromatic heterocycles. The van der Waals surface area contributed by atoms with Crippen molar-refractivity contribution in [3.8, 4) is 0 Å². The first kappa shape index (κ1) is 23.0. The van der Waals surface area contributed by atoms with Gasteiger partial charge in [-0.05, 0) is 29.7 Å². The van der Waals surface area contributed by atoms with Crippen LogP contribution in [0.25, 0.3) is 10.8 Å². The van der Waals surface area contributed by atoms with Crippen LogP contribution in [0.4, 0.5) is 0 Å². The first-order chi connectivity index (χ1) is 17.2.